The summed E-state index contributed by atoms with van der Waals surface area (Å²) in [4.78, 5) is 26.4. The van der Waals surface area contributed by atoms with Gasteiger partial charge in [-0.05, 0) is 95.8 Å². The van der Waals surface area contributed by atoms with Crippen molar-refractivity contribution in [2.75, 3.05) is 24.9 Å². The van der Waals surface area contributed by atoms with Gasteiger partial charge in [0, 0.05) is 11.4 Å². The minimum Gasteiger partial charge on any atom is -0.493 e. The van der Waals surface area contributed by atoms with Crippen LogP contribution in [0.5, 0.6) is 23.0 Å². The number of carbonyl (C=O) groups is 2. The van der Waals surface area contributed by atoms with Crippen LogP contribution in [0.2, 0.25) is 0 Å². The molecular weight excluding hydrogens is 665 g/mol. The number of ether oxygens (including phenoxy) is 4. The smallest absolute Gasteiger partial charge is 0.265 e. The highest BCUT2D eigenvalue weighted by Gasteiger charge is 2.45. The molecule has 0 aliphatic heterocycles. The van der Waals surface area contributed by atoms with Crippen LogP contribution in [0.3, 0.4) is 0 Å². The summed E-state index contributed by atoms with van der Waals surface area (Å²) in [5.41, 5.74) is 7.28. The maximum Gasteiger partial charge on any atom is 0.265 e. The van der Waals surface area contributed by atoms with Gasteiger partial charge in [-0.15, -0.1) is 0 Å². The third-order valence-electron chi connectivity index (χ3n) is 9.61. The molecule has 6 aromatic carbocycles. The lowest BCUT2D eigenvalue weighted by molar-refractivity contribution is -0.122. The maximum absolute atomic E-state index is 13.2. The zero-order valence-electron chi connectivity index (χ0n) is 30.0. The van der Waals surface area contributed by atoms with E-state index in [1.165, 1.54) is 0 Å². The Morgan fingerprint density at radius 3 is 1.19 bits per heavy atom. The Morgan fingerprint density at radius 1 is 0.472 bits per heavy atom. The Balaban J connectivity index is 1.17. The van der Waals surface area contributed by atoms with Gasteiger partial charge in [0.2, 0.25) is 0 Å². The fourth-order valence-corrected chi connectivity index (χ4v) is 7.04. The topological polar surface area (TPSA) is 95.1 Å². The number of hydrogen-bond donors (Lipinski definition) is 2. The van der Waals surface area contributed by atoms with E-state index in [2.05, 4.69) is 83.4 Å². The van der Waals surface area contributed by atoms with Crippen LogP contribution in [0, 0.1) is 0 Å². The number of para-hydroxylation sites is 4. The summed E-state index contributed by atoms with van der Waals surface area (Å²) >= 11 is 0. The first kappa shape index (κ1) is 34.9. The molecule has 0 fully saturated rings. The Labute approximate surface area is 309 Å². The van der Waals surface area contributed by atoms with Gasteiger partial charge in [-0.3, -0.25) is 9.59 Å². The molecule has 7 rings (SSSR count). The van der Waals surface area contributed by atoms with Crippen LogP contribution < -0.4 is 29.6 Å². The molecule has 1 aliphatic rings. The van der Waals surface area contributed by atoms with Crippen molar-refractivity contribution in [3.05, 3.63) is 168 Å². The van der Waals surface area contributed by atoms with Gasteiger partial charge in [0.1, 0.15) is 0 Å². The molecule has 0 saturated carbocycles. The molecule has 0 saturated heterocycles. The number of amides is 2. The minimum absolute atomic E-state index is 0.282. The SMILES string of the molecule is COc1ccccc1O[C@H](C)C(=O)Nc1ccc(C2(c3ccc(NC(=O)[C@@H](C)Oc4ccccc4OC)cc3)c3ccccc3-c3ccccc32)cc1. The Kier molecular flexibility index (Phi) is 9.86. The number of anilines is 2. The normalized spacial score (nSPS) is 13.4. The van der Waals surface area contributed by atoms with Crippen LogP contribution >= 0.6 is 0 Å². The van der Waals surface area contributed by atoms with Crippen molar-refractivity contribution >= 4 is 23.2 Å². The minimum atomic E-state index is -0.763. The van der Waals surface area contributed by atoms with Crippen LogP contribution in [-0.2, 0) is 15.0 Å². The van der Waals surface area contributed by atoms with E-state index in [1.807, 2.05) is 48.5 Å². The third kappa shape index (κ3) is 6.67. The molecule has 0 radical (unpaired) electrons. The van der Waals surface area contributed by atoms with Gasteiger partial charge in [0.15, 0.2) is 35.2 Å². The Morgan fingerprint density at radius 2 is 0.811 bits per heavy atom. The van der Waals surface area contributed by atoms with E-state index in [9.17, 15) is 9.59 Å². The molecule has 2 atom stereocenters. The quantitative estimate of drug-likeness (QED) is 0.132. The van der Waals surface area contributed by atoms with Crippen molar-refractivity contribution in [2.24, 2.45) is 0 Å². The monoisotopic (exact) mass is 704 g/mol. The van der Waals surface area contributed by atoms with E-state index in [1.54, 1.807) is 52.3 Å². The van der Waals surface area contributed by atoms with Crippen molar-refractivity contribution in [1.29, 1.82) is 0 Å². The number of fused-ring (bicyclic) bond motifs is 3. The highest BCUT2D eigenvalue weighted by atomic mass is 16.5. The molecule has 2 N–H and O–H groups in total. The summed E-state index contributed by atoms with van der Waals surface area (Å²) in [7, 11) is 3.13. The second-order valence-electron chi connectivity index (χ2n) is 12.8. The van der Waals surface area contributed by atoms with E-state index < -0.39 is 17.6 Å². The molecule has 0 bridgehead atoms. The lowest BCUT2D eigenvalue weighted by Gasteiger charge is -2.34. The van der Waals surface area contributed by atoms with Crippen LogP contribution in [0.4, 0.5) is 11.4 Å². The van der Waals surface area contributed by atoms with Crippen molar-refractivity contribution in [3.8, 4) is 34.1 Å². The summed E-state index contributed by atoms with van der Waals surface area (Å²) in [5.74, 6) is 1.54. The molecule has 1 aliphatic carbocycles. The van der Waals surface area contributed by atoms with E-state index >= 15 is 0 Å². The number of rotatable bonds is 12. The second kappa shape index (κ2) is 15.0. The van der Waals surface area contributed by atoms with Gasteiger partial charge < -0.3 is 29.6 Å². The van der Waals surface area contributed by atoms with E-state index in [4.69, 9.17) is 18.9 Å². The molecule has 266 valence electrons. The number of methoxy groups -OCH3 is 2. The van der Waals surface area contributed by atoms with Crippen molar-refractivity contribution in [2.45, 2.75) is 31.5 Å². The predicted molar refractivity (Wildman–Crippen MR) is 207 cm³/mol. The van der Waals surface area contributed by atoms with Gasteiger partial charge in [-0.25, -0.2) is 0 Å². The molecular formula is C45H40N2O6. The highest BCUT2D eigenvalue weighted by Crippen LogP contribution is 2.56. The standard InChI is InChI=1S/C45H40N2O6/c1-29(52-41-19-11-9-17-39(41)50-3)43(48)46-33-25-21-31(22-26-33)45(37-15-7-5-13-35(37)36-14-6-8-16-38(36)45)32-23-27-34(28-24-32)47-44(49)30(2)53-42-20-12-10-18-40(42)51-4/h5-30H,1-4H3,(H,46,48)(H,47,49)/t29-,30-/m1/s1. The molecule has 8 heteroatoms. The van der Waals surface area contributed by atoms with E-state index in [-0.39, 0.29) is 11.8 Å². The van der Waals surface area contributed by atoms with Gasteiger partial charge in [-0.1, -0.05) is 97.1 Å². The Bertz CT molecular complexity index is 2090. The number of carbonyl (C=O) groups excluding carboxylic acids is 2. The largest absolute Gasteiger partial charge is 0.493 e. The summed E-state index contributed by atoms with van der Waals surface area (Å²) in [6, 6.07) is 47.3. The summed E-state index contributed by atoms with van der Waals surface area (Å²) in [5, 5.41) is 6.00. The summed E-state index contributed by atoms with van der Waals surface area (Å²) in [6.45, 7) is 3.41. The first-order chi connectivity index (χ1) is 25.8. The van der Waals surface area contributed by atoms with Gasteiger partial charge >= 0.3 is 0 Å². The lowest BCUT2D eigenvalue weighted by atomic mass is 9.67. The van der Waals surface area contributed by atoms with Gasteiger partial charge in [-0.2, -0.15) is 0 Å². The average Bonchev–Trinajstić information content (AvgIpc) is 3.50. The van der Waals surface area contributed by atoms with E-state index in [0.29, 0.717) is 34.4 Å². The van der Waals surface area contributed by atoms with Crippen molar-refractivity contribution < 1.29 is 28.5 Å². The molecule has 0 spiro atoms. The van der Waals surface area contributed by atoms with Crippen LogP contribution in [0.1, 0.15) is 36.1 Å². The number of nitrogens with one attached hydrogen (secondary N) is 2. The van der Waals surface area contributed by atoms with Crippen LogP contribution in [0.15, 0.2) is 146 Å². The Hall–Kier alpha value is -6.54. The number of benzene rings is 6. The zero-order valence-corrected chi connectivity index (χ0v) is 30.0. The first-order valence-corrected chi connectivity index (χ1v) is 17.4. The highest BCUT2D eigenvalue weighted by molar-refractivity contribution is 5.95. The molecule has 0 heterocycles. The maximum atomic E-state index is 13.2. The molecule has 0 aromatic heterocycles. The van der Waals surface area contributed by atoms with Crippen molar-refractivity contribution in [3.63, 3.8) is 0 Å². The van der Waals surface area contributed by atoms with Crippen LogP contribution in [0.25, 0.3) is 11.1 Å². The van der Waals surface area contributed by atoms with E-state index in [0.717, 1.165) is 33.4 Å². The fourth-order valence-electron chi connectivity index (χ4n) is 7.04. The molecule has 2 amide bonds. The lowest BCUT2D eigenvalue weighted by Crippen LogP contribution is -2.31. The second-order valence-corrected chi connectivity index (χ2v) is 12.8. The van der Waals surface area contributed by atoms with Gasteiger partial charge in [0.05, 0.1) is 19.6 Å². The first-order valence-electron chi connectivity index (χ1n) is 17.4. The fraction of sp³-hybridized carbons (Fsp3) is 0.156. The van der Waals surface area contributed by atoms with Crippen LogP contribution in [-0.4, -0.2) is 38.2 Å². The predicted octanol–water partition coefficient (Wildman–Crippen LogP) is 8.88. The summed E-state index contributed by atoms with van der Waals surface area (Å²) in [6.07, 6.45) is -1.53. The summed E-state index contributed by atoms with van der Waals surface area (Å²) < 4.78 is 22.6. The molecule has 53 heavy (non-hydrogen) atoms. The third-order valence-corrected chi connectivity index (χ3v) is 9.61. The van der Waals surface area contributed by atoms with Crippen molar-refractivity contribution in [1.82, 2.24) is 0 Å². The zero-order chi connectivity index (χ0) is 37.0. The molecule has 8 nitrogen and oxygen atoms in total. The molecule has 6 aromatic rings. The average molecular weight is 705 g/mol. The number of hydrogen-bond acceptors (Lipinski definition) is 6. The molecule has 0 unspecified atom stereocenters. The van der Waals surface area contributed by atoms with Gasteiger partial charge in [0.25, 0.3) is 11.8 Å².